The van der Waals surface area contributed by atoms with E-state index < -0.39 is 0 Å². The third-order valence-corrected chi connectivity index (χ3v) is 4.03. The van der Waals surface area contributed by atoms with E-state index in [-0.39, 0.29) is 5.91 Å². The number of fused-ring (bicyclic) bond motifs is 1. The molecule has 1 heterocycles. The van der Waals surface area contributed by atoms with Crippen LogP contribution in [0.25, 0.3) is 0 Å². The predicted molar refractivity (Wildman–Crippen MR) is 81.4 cm³/mol. The summed E-state index contributed by atoms with van der Waals surface area (Å²) in [7, 11) is 0. The van der Waals surface area contributed by atoms with E-state index in [4.69, 9.17) is 23.2 Å². The molecule has 5 heteroatoms. The van der Waals surface area contributed by atoms with Gasteiger partial charge in [0.05, 0.1) is 0 Å². The van der Waals surface area contributed by atoms with Gasteiger partial charge in [0.25, 0.3) is 5.91 Å². The van der Waals surface area contributed by atoms with Gasteiger partial charge in [-0.2, -0.15) is 0 Å². The third-order valence-electron chi connectivity index (χ3n) is 3.32. The van der Waals surface area contributed by atoms with Gasteiger partial charge in [0.2, 0.25) is 0 Å². The maximum atomic E-state index is 11.6. The Morgan fingerprint density at radius 3 is 2.65 bits per heavy atom. The van der Waals surface area contributed by atoms with Gasteiger partial charge in [0, 0.05) is 39.9 Å². The molecule has 1 aliphatic heterocycles. The van der Waals surface area contributed by atoms with Crippen LogP contribution in [0.15, 0.2) is 36.4 Å². The second-order valence-electron chi connectivity index (χ2n) is 4.61. The number of hydrogen-bond acceptors (Lipinski definition) is 2. The number of hydrogen-bond donors (Lipinski definition) is 2. The average Bonchev–Trinajstić information content (AvgIpc) is 2.80. The lowest BCUT2D eigenvalue weighted by molar-refractivity contribution is 0.0966. The van der Waals surface area contributed by atoms with Crippen LogP contribution in [0.4, 0.5) is 5.69 Å². The molecule has 0 atom stereocenters. The Morgan fingerprint density at radius 2 is 1.90 bits per heavy atom. The Balaban J connectivity index is 1.79. The van der Waals surface area contributed by atoms with Gasteiger partial charge in [-0.3, -0.25) is 4.79 Å². The maximum Gasteiger partial charge on any atom is 0.251 e. The number of anilines is 1. The van der Waals surface area contributed by atoms with Gasteiger partial charge in [-0.1, -0.05) is 35.3 Å². The molecule has 0 unspecified atom stereocenters. The Kier molecular flexibility index (Phi) is 3.55. The van der Waals surface area contributed by atoms with Gasteiger partial charge < -0.3 is 10.6 Å². The van der Waals surface area contributed by atoms with E-state index in [1.165, 1.54) is 0 Å². The van der Waals surface area contributed by atoms with Gasteiger partial charge in [-0.15, -0.1) is 0 Å². The Labute approximate surface area is 126 Å². The van der Waals surface area contributed by atoms with Gasteiger partial charge in [-0.05, 0) is 29.8 Å². The first-order valence-corrected chi connectivity index (χ1v) is 6.98. The fourth-order valence-corrected chi connectivity index (χ4v) is 2.75. The minimum absolute atomic E-state index is 0.0283. The monoisotopic (exact) mass is 306 g/mol. The molecule has 2 aromatic carbocycles. The number of carbonyl (C=O) groups is 1. The summed E-state index contributed by atoms with van der Waals surface area (Å²) < 4.78 is 0. The van der Waals surface area contributed by atoms with E-state index in [9.17, 15) is 4.79 Å². The topological polar surface area (TPSA) is 41.1 Å². The summed E-state index contributed by atoms with van der Waals surface area (Å²) in [5.41, 5.74) is 3.47. The molecule has 0 saturated heterocycles. The second kappa shape index (κ2) is 5.35. The van der Waals surface area contributed by atoms with Crippen molar-refractivity contribution in [2.24, 2.45) is 0 Å². The van der Waals surface area contributed by atoms with Gasteiger partial charge >= 0.3 is 0 Å². The first kappa shape index (κ1) is 13.3. The highest BCUT2D eigenvalue weighted by molar-refractivity contribution is 6.36. The number of amides is 1. The molecule has 1 aliphatic rings. The number of rotatable bonds is 3. The molecular weight excluding hydrogens is 295 g/mol. The van der Waals surface area contributed by atoms with E-state index >= 15 is 0 Å². The van der Waals surface area contributed by atoms with Crippen molar-refractivity contribution < 1.29 is 4.79 Å². The summed E-state index contributed by atoms with van der Waals surface area (Å²) >= 11 is 12.2. The molecule has 0 fully saturated rings. The lowest BCUT2D eigenvalue weighted by Crippen LogP contribution is -2.12. The molecular formula is C15H12Cl2N2O. The van der Waals surface area contributed by atoms with Crippen LogP contribution < -0.4 is 10.6 Å². The minimum atomic E-state index is -0.0283. The van der Waals surface area contributed by atoms with E-state index in [1.54, 1.807) is 12.1 Å². The Bertz CT molecular complexity index is 665. The molecule has 3 rings (SSSR count). The lowest BCUT2D eigenvalue weighted by Gasteiger charge is -2.10. The van der Waals surface area contributed by atoms with Crippen molar-refractivity contribution in [2.75, 3.05) is 5.32 Å². The highest BCUT2D eigenvalue weighted by Crippen LogP contribution is 2.26. The highest BCUT2D eigenvalue weighted by atomic mass is 35.5. The summed E-state index contributed by atoms with van der Waals surface area (Å²) in [6, 6.07) is 11.2. The lowest BCUT2D eigenvalue weighted by atomic mass is 10.1. The molecule has 2 N–H and O–H groups in total. The van der Waals surface area contributed by atoms with Crippen molar-refractivity contribution in [1.29, 1.82) is 0 Å². The molecule has 0 radical (unpaired) electrons. The highest BCUT2D eigenvalue weighted by Gasteiger charge is 2.18. The molecule has 20 heavy (non-hydrogen) atoms. The van der Waals surface area contributed by atoms with Gasteiger partial charge in [0.1, 0.15) is 0 Å². The van der Waals surface area contributed by atoms with E-state index in [0.717, 1.165) is 22.4 Å². The summed E-state index contributed by atoms with van der Waals surface area (Å²) in [6.07, 6.45) is 0. The van der Waals surface area contributed by atoms with Crippen LogP contribution in [0.5, 0.6) is 0 Å². The number of carbonyl (C=O) groups excluding carboxylic acids is 1. The maximum absolute atomic E-state index is 11.6. The molecule has 1 amide bonds. The van der Waals surface area contributed by atoms with Crippen LogP contribution in [0.1, 0.15) is 21.5 Å². The SMILES string of the molecule is O=C1NCc2ccc(NCc3c(Cl)cccc3Cl)cc21. The first-order chi connectivity index (χ1) is 9.65. The van der Waals surface area contributed by atoms with Crippen LogP contribution >= 0.6 is 23.2 Å². The zero-order valence-electron chi connectivity index (χ0n) is 10.5. The van der Waals surface area contributed by atoms with Crippen molar-refractivity contribution in [2.45, 2.75) is 13.1 Å². The van der Waals surface area contributed by atoms with Crippen LogP contribution in [0, 0.1) is 0 Å². The summed E-state index contributed by atoms with van der Waals surface area (Å²) in [4.78, 5) is 11.6. The third kappa shape index (κ3) is 2.47. The van der Waals surface area contributed by atoms with E-state index in [1.807, 2.05) is 24.3 Å². The standard InChI is InChI=1S/C15H12Cl2N2O/c16-13-2-1-3-14(17)12(13)8-18-10-5-4-9-7-19-15(20)11(9)6-10/h1-6,18H,7-8H2,(H,19,20). The van der Waals surface area contributed by atoms with Crippen LogP contribution in [-0.4, -0.2) is 5.91 Å². The predicted octanol–water partition coefficient (Wildman–Crippen LogP) is 3.85. The first-order valence-electron chi connectivity index (χ1n) is 6.23. The van der Waals surface area contributed by atoms with E-state index in [0.29, 0.717) is 23.1 Å². The normalized spacial score (nSPS) is 13.0. The van der Waals surface area contributed by atoms with Gasteiger partial charge in [0.15, 0.2) is 0 Å². The molecule has 2 aromatic rings. The summed E-state index contributed by atoms with van der Waals surface area (Å²) in [5, 5.41) is 7.30. The largest absolute Gasteiger partial charge is 0.381 e. The summed E-state index contributed by atoms with van der Waals surface area (Å²) in [5.74, 6) is -0.0283. The van der Waals surface area contributed by atoms with Crippen LogP contribution in [0.3, 0.4) is 0 Å². The average molecular weight is 307 g/mol. The summed E-state index contributed by atoms with van der Waals surface area (Å²) in [6.45, 7) is 1.11. The molecule has 0 bridgehead atoms. The quantitative estimate of drug-likeness (QED) is 0.904. The van der Waals surface area contributed by atoms with Crippen molar-refractivity contribution >= 4 is 34.8 Å². The Morgan fingerprint density at radius 1 is 1.15 bits per heavy atom. The minimum Gasteiger partial charge on any atom is -0.381 e. The van der Waals surface area contributed by atoms with Crippen molar-refractivity contribution in [3.05, 3.63) is 63.1 Å². The molecule has 0 aromatic heterocycles. The van der Waals surface area contributed by atoms with Crippen LogP contribution in [-0.2, 0) is 13.1 Å². The fourth-order valence-electron chi connectivity index (χ4n) is 2.21. The zero-order valence-corrected chi connectivity index (χ0v) is 12.1. The Hall–Kier alpha value is -1.71. The number of nitrogens with one attached hydrogen (secondary N) is 2. The van der Waals surface area contributed by atoms with Crippen molar-refractivity contribution in [3.63, 3.8) is 0 Å². The smallest absolute Gasteiger partial charge is 0.251 e. The van der Waals surface area contributed by atoms with E-state index in [2.05, 4.69) is 10.6 Å². The van der Waals surface area contributed by atoms with Crippen molar-refractivity contribution in [1.82, 2.24) is 5.32 Å². The molecule has 102 valence electrons. The van der Waals surface area contributed by atoms with Crippen molar-refractivity contribution in [3.8, 4) is 0 Å². The second-order valence-corrected chi connectivity index (χ2v) is 5.42. The molecule has 0 aliphatic carbocycles. The van der Waals surface area contributed by atoms with Gasteiger partial charge in [-0.25, -0.2) is 0 Å². The molecule has 3 nitrogen and oxygen atoms in total. The van der Waals surface area contributed by atoms with Crippen LogP contribution in [0.2, 0.25) is 10.0 Å². The fraction of sp³-hybridized carbons (Fsp3) is 0.133. The zero-order chi connectivity index (χ0) is 14.1. The number of benzene rings is 2. The number of halogens is 2. The molecule has 0 saturated carbocycles. The molecule has 0 spiro atoms.